The van der Waals surface area contributed by atoms with Crippen LogP contribution in [-0.4, -0.2) is 28.9 Å². The predicted octanol–water partition coefficient (Wildman–Crippen LogP) is 3.29. The summed E-state index contributed by atoms with van der Waals surface area (Å²) in [6, 6.07) is 13.8. The molecular weight excluding hydrogens is 316 g/mol. The van der Waals surface area contributed by atoms with Gasteiger partial charge < -0.3 is 10.2 Å². The van der Waals surface area contributed by atoms with E-state index < -0.39 is 10.1 Å². The van der Waals surface area contributed by atoms with Gasteiger partial charge in [-0.2, -0.15) is 8.42 Å². The zero-order valence-corrected chi connectivity index (χ0v) is 13.4. The van der Waals surface area contributed by atoms with Gasteiger partial charge in [0.1, 0.15) is 11.5 Å². The Bertz CT molecular complexity index is 675. The summed E-state index contributed by atoms with van der Waals surface area (Å²) in [4.78, 5) is 0. The molecule has 2 aromatic carbocycles. The molecule has 0 amide bonds. The number of unbranched alkanes of at least 4 members (excludes halogenated alkanes) is 1. The Kier molecular flexibility index (Phi) is 5.63. The Morgan fingerprint density at radius 1 is 0.783 bits per heavy atom. The highest BCUT2D eigenvalue weighted by Gasteiger charge is 2.15. The standard InChI is InChI=1S/C17H20O5S/c18-15-8-4-13(5-9-15)17(3-1-2-12-23(20,21)22)14-6-10-16(19)11-7-14/h4-11,17-19H,1-3,12H2,(H,20,21,22). The zero-order chi connectivity index (χ0) is 16.9. The zero-order valence-electron chi connectivity index (χ0n) is 12.6. The summed E-state index contributed by atoms with van der Waals surface area (Å²) < 4.78 is 30.4. The second-order valence-corrected chi connectivity index (χ2v) is 7.09. The summed E-state index contributed by atoms with van der Waals surface area (Å²) in [7, 11) is -3.93. The third-order valence-electron chi connectivity index (χ3n) is 3.74. The minimum Gasteiger partial charge on any atom is -0.508 e. The number of hydrogen-bond acceptors (Lipinski definition) is 4. The quantitative estimate of drug-likeness (QED) is 0.533. The van der Waals surface area contributed by atoms with Gasteiger partial charge in [0.05, 0.1) is 5.75 Å². The van der Waals surface area contributed by atoms with Crippen molar-refractivity contribution in [3.05, 3.63) is 59.7 Å². The van der Waals surface area contributed by atoms with E-state index >= 15 is 0 Å². The first-order valence-corrected chi connectivity index (χ1v) is 8.99. The van der Waals surface area contributed by atoms with Crippen LogP contribution in [0.1, 0.15) is 36.3 Å². The number of phenolic OH excluding ortho intramolecular Hbond substituents is 2. The molecule has 0 spiro atoms. The van der Waals surface area contributed by atoms with Gasteiger partial charge in [0.2, 0.25) is 0 Å². The SMILES string of the molecule is O=S(=O)(O)CCCCC(c1ccc(O)cc1)c1ccc(O)cc1. The molecule has 0 heterocycles. The van der Waals surface area contributed by atoms with E-state index in [4.69, 9.17) is 4.55 Å². The minimum absolute atomic E-state index is 0.0256. The van der Waals surface area contributed by atoms with E-state index in [1.807, 2.05) is 24.3 Å². The first kappa shape index (κ1) is 17.3. The molecule has 0 radical (unpaired) electrons. The van der Waals surface area contributed by atoms with E-state index in [9.17, 15) is 18.6 Å². The molecule has 0 saturated carbocycles. The fourth-order valence-electron chi connectivity index (χ4n) is 2.57. The molecule has 0 saturated heterocycles. The van der Waals surface area contributed by atoms with E-state index in [0.29, 0.717) is 19.3 Å². The van der Waals surface area contributed by atoms with Crippen molar-refractivity contribution >= 4 is 10.1 Å². The average molecular weight is 336 g/mol. The third-order valence-corrected chi connectivity index (χ3v) is 4.54. The van der Waals surface area contributed by atoms with Gasteiger partial charge in [-0.15, -0.1) is 0 Å². The van der Waals surface area contributed by atoms with Crippen molar-refractivity contribution in [3.63, 3.8) is 0 Å². The van der Waals surface area contributed by atoms with Crippen LogP contribution in [0.25, 0.3) is 0 Å². The Labute approximate surface area is 136 Å². The van der Waals surface area contributed by atoms with Crippen molar-refractivity contribution in [2.75, 3.05) is 5.75 Å². The van der Waals surface area contributed by atoms with E-state index in [1.54, 1.807) is 24.3 Å². The first-order valence-electron chi connectivity index (χ1n) is 7.38. The normalized spacial score (nSPS) is 11.7. The summed E-state index contributed by atoms with van der Waals surface area (Å²) in [6.07, 6.45) is 1.71. The van der Waals surface area contributed by atoms with Crippen molar-refractivity contribution < 1.29 is 23.2 Å². The average Bonchev–Trinajstić information content (AvgIpc) is 2.49. The van der Waals surface area contributed by atoms with Crippen LogP contribution in [0.4, 0.5) is 0 Å². The van der Waals surface area contributed by atoms with Crippen LogP contribution < -0.4 is 0 Å². The maximum Gasteiger partial charge on any atom is 0.264 e. The van der Waals surface area contributed by atoms with Gasteiger partial charge in [-0.3, -0.25) is 4.55 Å². The lowest BCUT2D eigenvalue weighted by Gasteiger charge is -2.18. The highest BCUT2D eigenvalue weighted by atomic mass is 32.2. The second-order valence-electron chi connectivity index (χ2n) is 5.52. The largest absolute Gasteiger partial charge is 0.508 e. The molecule has 0 bridgehead atoms. The van der Waals surface area contributed by atoms with E-state index in [0.717, 1.165) is 11.1 Å². The smallest absolute Gasteiger partial charge is 0.264 e. The van der Waals surface area contributed by atoms with E-state index in [1.165, 1.54) is 0 Å². The molecule has 2 aromatic rings. The van der Waals surface area contributed by atoms with Crippen molar-refractivity contribution in [2.45, 2.75) is 25.2 Å². The molecule has 6 heteroatoms. The van der Waals surface area contributed by atoms with Crippen molar-refractivity contribution in [1.82, 2.24) is 0 Å². The lowest BCUT2D eigenvalue weighted by atomic mass is 9.87. The van der Waals surface area contributed by atoms with Crippen LogP contribution in [-0.2, 0) is 10.1 Å². The van der Waals surface area contributed by atoms with Crippen LogP contribution >= 0.6 is 0 Å². The Balaban J connectivity index is 2.14. The van der Waals surface area contributed by atoms with Crippen LogP contribution in [0.3, 0.4) is 0 Å². The molecule has 23 heavy (non-hydrogen) atoms. The van der Waals surface area contributed by atoms with Gasteiger partial charge in [-0.25, -0.2) is 0 Å². The summed E-state index contributed by atoms with van der Waals surface area (Å²) >= 11 is 0. The van der Waals surface area contributed by atoms with Crippen LogP contribution in [0.2, 0.25) is 0 Å². The fourth-order valence-corrected chi connectivity index (χ4v) is 3.14. The molecule has 3 N–H and O–H groups in total. The topological polar surface area (TPSA) is 94.8 Å². The van der Waals surface area contributed by atoms with Crippen molar-refractivity contribution in [1.29, 1.82) is 0 Å². The number of rotatable bonds is 7. The number of benzene rings is 2. The molecule has 0 aliphatic rings. The Hall–Kier alpha value is -2.05. The molecule has 0 aliphatic heterocycles. The van der Waals surface area contributed by atoms with Gasteiger partial charge in [0.25, 0.3) is 10.1 Å². The molecule has 2 rings (SSSR count). The van der Waals surface area contributed by atoms with Crippen molar-refractivity contribution in [2.24, 2.45) is 0 Å². The van der Waals surface area contributed by atoms with Crippen LogP contribution in [0.15, 0.2) is 48.5 Å². The fraction of sp³-hybridized carbons (Fsp3) is 0.294. The Morgan fingerprint density at radius 2 is 1.22 bits per heavy atom. The van der Waals surface area contributed by atoms with Gasteiger partial charge >= 0.3 is 0 Å². The summed E-state index contributed by atoms with van der Waals surface area (Å²) in [5.74, 6) is 0.150. The predicted molar refractivity (Wildman–Crippen MR) is 88.3 cm³/mol. The van der Waals surface area contributed by atoms with Gasteiger partial charge in [0, 0.05) is 5.92 Å². The van der Waals surface area contributed by atoms with Crippen LogP contribution in [0, 0.1) is 0 Å². The molecule has 0 aromatic heterocycles. The highest BCUT2D eigenvalue weighted by Crippen LogP contribution is 2.31. The lowest BCUT2D eigenvalue weighted by Crippen LogP contribution is -2.06. The maximum absolute atomic E-state index is 10.8. The highest BCUT2D eigenvalue weighted by molar-refractivity contribution is 7.85. The van der Waals surface area contributed by atoms with E-state index in [-0.39, 0.29) is 23.2 Å². The number of hydrogen-bond donors (Lipinski definition) is 3. The molecule has 0 fully saturated rings. The monoisotopic (exact) mass is 336 g/mol. The van der Waals surface area contributed by atoms with Crippen LogP contribution in [0.5, 0.6) is 11.5 Å². The number of aromatic hydroxyl groups is 2. The number of phenols is 2. The van der Waals surface area contributed by atoms with Gasteiger partial charge in [0.15, 0.2) is 0 Å². The summed E-state index contributed by atoms with van der Waals surface area (Å²) in [5, 5.41) is 18.8. The summed E-state index contributed by atoms with van der Waals surface area (Å²) in [6.45, 7) is 0. The molecule has 5 nitrogen and oxygen atoms in total. The van der Waals surface area contributed by atoms with Crippen molar-refractivity contribution in [3.8, 4) is 11.5 Å². The Morgan fingerprint density at radius 3 is 1.61 bits per heavy atom. The molecular formula is C17H20O5S. The van der Waals surface area contributed by atoms with E-state index in [2.05, 4.69) is 0 Å². The maximum atomic E-state index is 10.8. The molecule has 0 aliphatic carbocycles. The summed E-state index contributed by atoms with van der Waals surface area (Å²) in [5.41, 5.74) is 2.00. The molecule has 0 unspecified atom stereocenters. The minimum atomic E-state index is -3.93. The third kappa shape index (κ3) is 5.58. The molecule has 0 atom stereocenters. The van der Waals surface area contributed by atoms with Gasteiger partial charge in [-0.1, -0.05) is 30.7 Å². The lowest BCUT2D eigenvalue weighted by molar-refractivity contribution is 0.473. The first-order chi connectivity index (χ1) is 10.8. The molecule has 124 valence electrons. The van der Waals surface area contributed by atoms with Gasteiger partial charge in [-0.05, 0) is 48.2 Å². The second kappa shape index (κ2) is 7.48.